The number of rotatable bonds is 4. The van der Waals surface area contributed by atoms with Crippen molar-refractivity contribution in [2.75, 3.05) is 6.54 Å². The summed E-state index contributed by atoms with van der Waals surface area (Å²) in [6.07, 6.45) is -0.00418. The summed E-state index contributed by atoms with van der Waals surface area (Å²) in [6.45, 7) is 0.0109. The number of halogens is 3. The van der Waals surface area contributed by atoms with Crippen molar-refractivity contribution in [1.82, 2.24) is 20.5 Å². The summed E-state index contributed by atoms with van der Waals surface area (Å²) in [7, 11) is 0. The van der Waals surface area contributed by atoms with Gasteiger partial charge in [-0.2, -0.15) is 0 Å². The fraction of sp³-hybridized carbons (Fsp3) is 0.125. The van der Waals surface area contributed by atoms with Gasteiger partial charge >= 0.3 is 0 Å². The van der Waals surface area contributed by atoms with Gasteiger partial charge in [-0.25, -0.2) is 18.2 Å². The van der Waals surface area contributed by atoms with Crippen molar-refractivity contribution in [2.45, 2.75) is 6.42 Å². The van der Waals surface area contributed by atoms with Crippen LogP contribution < -0.4 is 5.32 Å². The zero-order chi connectivity index (χ0) is 17.1. The summed E-state index contributed by atoms with van der Waals surface area (Å²) in [6, 6.07) is 8.90. The normalized spacial score (nSPS) is 10.8. The Morgan fingerprint density at radius 1 is 0.958 bits per heavy atom. The van der Waals surface area contributed by atoms with E-state index in [1.807, 2.05) is 0 Å². The highest BCUT2D eigenvalue weighted by Crippen LogP contribution is 2.15. The Hall–Kier alpha value is -3.03. The maximum atomic E-state index is 13.5. The van der Waals surface area contributed by atoms with Crippen molar-refractivity contribution in [3.05, 3.63) is 65.2 Å². The summed E-state index contributed by atoms with van der Waals surface area (Å²) < 4.78 is 39.5. The number of nitrogens with zero attached hydrogens (tertiary/aromatic N) is 3. The van der Waals surface area contributed by atoms with Crippen molar-refractivity contribution in [2.24, 2.45) is 0 Å². The second kappa shape index (κ2) is 6.61. The average molecular weight is 332 g/mol. The molecule has 1 N–H and O–H groups in total. The van der Waals surface area contributed by atoms with Crippen LogP contribution in [0.25, 0.3) is 11.0 Å². The molecule has 0 spiro atoms. The molecule has 8 heteroatoms. The largest absolute Gasteiger partial charge is 0.349 e. The first-order valence-corrected chi connectivity index (χ1v) is 7.06. The summed E-state index contributed by atoms with van der Waals surface area (Å²) >= 11 is 0. The molecular formula is C16H11F3N4O. The van der Waals surface area contributed by atoms with Crippen LogP contribution in [-0.2, 0) is 6.42 Å². The first-order valence-electron chi connectivity index (χ1n) is 7.06. The molecule has 0 fully saturated rings. The third-order valence-corrected chi connectivity index (χ3v) is 3.36. The second-order valence-electron chi connectivity index (χ2n) is 4.96. The van der Waals surface area contributed by atoms with Crippen LogP contribution in [0.2, 0.25) is 0 Å². The van der Waals surface area contributed by atoms with Crippen LogP contribution in [0.3, 0.4) is 0 Å². The molecule has 3 aromatic rings. The van der Waals surface area contributed by atoms with Gasteiger partial charge in [0.15, 0.2) is 17.5 Å². The van der Waals surface area contributed by atoms with E-state index in [-0.39, 0.29) is 24.4 Å². The van der Waals surface area contributed by atoms with Gasteiger partial charge in [0.05, 0.1) is 5.52 Å². The van der Waals surface area contributed by atoms with Crippen LogP contribution in [0.5, 0.6) is 0 Å². The Morgan fingerprint density at radius 2 is 1.71 bits per heavy atom. The zero-order valence-corrected chi connectivity index (χ0v) is 12.3. The van der Waals surface area contributed by atoms with E-state index in [0.717, 1.165) is 12.1 Å². The molecule has 0 radical (unpaired) electrons. The molecule has 5 nitrogen and oxygen atoms in total. The lowest BCUT2D eigenvalue weighted by Crippen LogP contribution is -2.28. The molecule has 122 valence electrons. The highest BCUT2D eigenvalue weighted by atomic mass is 19.2. The molecule has 3 rings (SSSR count). The average Bonchev–Trinajstić information content (AvgIpc) is 2.61. The first-order chi connectivity index (χ1) is 11.6. The molecule has 2 aromatic carbocycles. The van der Waals surface area contributed by atoms with E-state index in [1.165, 1.54) is 0 Å². The van der Waals surface area contributed by atoms with Crippen molar-refractivity contribution in [3.8, 4) is 0 Å². The molecule has 24 heavy (non-hydrogen) atoms. The molecule has 1 heterocycles. The van der Waals surface area contributed by atoms with Gasteiger partial charge in [-0.15, -0.1) is 10.2 Å². The van der Waals surface area contributed by atoms with Crippen LogP contribution in [0.4, 0.5) is 13.2 Å². The lowest BCUT2D eigenvalue weighted by atomic mass is 10.1. The molecular weight excluding hydrogens is 321 g/mol. The predicted octanol–water partition coefficient (Wildman–Crippen LogP) is 2.41. The molecule has 1 aromatic heterocycles. The fourth-order valence-electron chi connectivity index (χ4n) is 2.13. The van der Waals surface area contributed by atoms with Gasteiger partial charge in [-0.05, 0) is 30.2 Å². The van der Waals surface area contributed by atoms with Crippen LogP contribution in [-0.4, -0.2) is 27.6 Å². The Morgan fingerprint density at radius 3 is 2.50 bits per heavy atom. The predicted molar refractivity (Wildman–Crippen MR) is 79.7 cm³/mol. The highest BCUT2D eigenvalue weighted by Gasteiger charge is 2.14. The fourth-order valence-corrected chi connectivity index (χ4v) is 2.13. The summed E-state index contributed by atoms with van der Waals surface area (Å²) in [4.78, 5) is 16.1. The van der Waals surface area contributed by atoms with Crippen molar-refractivity contribution >= 4 is 16.9 Å². The molecule has 0 aliphatic heterocycles. The molecule has 0 unspecified atom stereocenters. The van der Waals surface area contributed by atoms with Gasteiger partial charge in [-0.3, -0.25) is 4.79 Å². The van der Waals surface area contributed by atoms with E-state index in [0.29, 0.717) is 11.0 Å². The Balaban J connectivity index is 1.66. The first kappa shape index (κ1) is 15.9. The van der Waals surface area contributed by atoms with Gasteiger partial charge in [0.2, 0.25) is 5.82 Å². The number of nitrogens with one attached hydrogen (secondary N) is 1. The van der Waals surface area contributed by atoms with E-state index in [9.17, 15) is 18.0 Å². The summed E-state index contributed by atoms with van der Waals surface area (Å²) in [5.41, 5.74) is 1.04. The molecule has 0 bridgehead atoms. The van der Waals surface area contributed by atoms with Gasteiger partial charge in [0.1, 0.15) is 5.52 Å². The monoisotopic (exact) mass is 332 g/mol. The number of para-hydroxylation sites is 1. The van der Waals surface area contributed by atoms with Gasteiger partial charge in [0, 0.05) is 6.54 Å². The maximum absolute atomic E-state index is 13.5. The van der Waals surface area contributed by atoms with E-state index >= 15 is 0 Å². The van der Waals surface area contributed by atoms with Crippen LogP contribution in [0.1, 0.15) is 16.2 Å². The van der Waals surface area contributed by atoms with Gasteiger partial charge in [0.25, 0.3) is 5.91 Å². The zero-order valence-electron chi connectivity index (χ0n) is 12.3. The SMILES string of the molecule is O=C(NCCc1ccc(F)c(F)c1F)c1nnc2ccccc2n1. The van der Waals surface area contributed by atoms with E-state index in [1.54, 1.807) is 24.3 Å². The minimum atomic E-state index is -1.53. The van der Waals surface area contributed by atoms with Gasteiger partial charge in [-0.1, -0.05) is 18.2 Å². The molecule has 0 aliphatic carbocycles. The molecule has 0 aliphatic rings. The van der Waals surface area contributed by atoms with Crippen molar-refractivity contribution < 1.29 is 18.0 Å². The lowest BCUT2D eigenvalue weighted by Gasteiger charge is -2.06. The summed E-state index contributed by atoms with van der Waals surface area (Å²) in [5.74, 6) is -4.75. The lowest BCUT2D eigenvalue weighted by molar-refractivity contribution is 0.0943. The van der Waals surface area contributed by atoms with Gasteiger partial charge < -0.3 is 5.32 Å². The molecule has 0 saturated heterocycles. The molecule has 0 saturated carbocycles. The summed E-state index contributed by atoms with van der Waals surface area (Å²) in [5, 5.41) is 10.1. The number of fused-ring (bicyclic) bond motifs is 1. The van der Waals surface area contributed by atoms with E-state index < -0.39 is 23.4 Å². The van der Waals surface area contributed by atoms with Crippen molar-refractivity contribution in [1.29, 1.82) is 0 Å². The van der Waals surface area contributed by atoms with E-state index in [2.05, 4.69) is 20.5 Å². The maximum Gasteiger partial charge on any atom is 0.291 e. The third kappa shape index (κ3) is 3.17. The highest BCUT2D eigenvalue weighted by molar-refractivity contribution is 5.91. The number of benzene rings is 2. The number of hydrogen-bond donors (Lipinski definition) is 1. The van der Waals surface area contributed by atoms with Crippen molar-refractivity contribution in [3.63, 3.8) is 0 Å². The minimum Gasteiger partial charge on any atom is -0.349 e. The molecule has 0 atom stereocenters. The Kier molecular flexibility index (Phi) is 4.37. The number of carbonyl (C=O) groups is 1. The standard InChI is InChI=1S/C16H11F3N4O/c17-10-6-5-9(13(18)14(10)19)7-8-20-16(24)15-21-11-3-1-2-4-12(11)22-23-15/h1-6H,7-8H2,(H,20,24). The Labute approximate surface area is 134 Å². The number of amides is 1. The van der Waals surface area contributed by atoms with Crippen LogP contribution in [0, 0.1) is 17.5 Å². The number of hydrogen-bond acceptors (Lipinski definition) is 4. The van der Waals surface area contributed by atoms with Crippen LogP contribution >= 0.6 is 0 Å². The number of carbonyl (C=O) groups excluding carboxylic acids is 1. The van der Waals surface area contributed by atoms with E-state index in [4.69, 9.17) is 0 Å². The minimum absolute atomic E-state index is 0.00418. The topological polar surface area (TPSA) is 67.8 Å². The molecule has 1 amide bonds. The second-order valence-corrected chi connectivity index (χ2v) is 4.96. The third-order valence-electron chi connectivity index (χ3n) is 3.36. The Bertz CT molecular complexity index is 917. The smallest absolute Gasteiger partial charge is 0.291 e. The number of aromatic nitrogens is 3. The quantitative estimate of drug-likeness (QED) is 0.745. The van der Waals surface area contributed by atoms with Crippen LogP contribution in [0.15, 0.2) is 36.4 Å².